The fourth-order valence-corrected chi connectivity index (χ4v) is 5.00. The van der Waals surface area contributed by atoms with E-state index in [1.165, 1.54) is 0 Å². The molecule has 0 bridgehead atoms. The van der Waals surface area contributed by atoms with Crippen molar-refractivity contribution < 1.29 is 19.5 Å². The maximum Gasteiger partial charge on any atom is 0.326 e. The van der Waals surface area contributed by atoms with Crippen LogP contribution in [-0.4, -0.2) is 40.8 Å². The molecule has 6 nitrogen and oxygen atoms in total. The topological polar surface area (TPSA) is 86.7 Å². The molecule has 1 atom stereocenters. The number of carboxylic acid groups (broad SMARTS) is 1. The molecule has 0 saturated heterocycles. The summed E-state index contributed by atoms with van der Waals surface area (Å²) < 4.78 is 0. The summed E-state index contributed by atoms with van der Waals surface area (Å²) in [4.78, 5) is 39.8. The molecule has 5 aromatic rings. The molecule has 5 aromatic carbocycles. The number of nitrogens with one attached hydrogen (secondary N) is 1. The minimum absolute atomic E-state index is 0.0380. The van der Waals surface area contributed by atoms with E-state index in [4.69, 9.17) is 0 Å². The molecule has 1 amide bonds. The second-order valence-electron chi connectivity index (χ2n) is 10.4. The highest BCUT2D eigenvalue weighted by atomic mass is 16.4. The fraction of sp³-hybridized carbons (Fsp3) is 0.108. The summed E-state index contributed by atoms with van der Waals surface area (Å²) in [6, 6.07) is 40.0. The predicted octanol–water partition coefficient (Wildman–Crippen LogP) is 6.96. The Morgan fingerprint density at radius 1 is 0.674 bits per heavy atom. The van der Waals surface area contributed by atoms with Crippen LogP contribution in [0, 0.1) is 0 Å². The van der Waals surface area contributed by atoms with Crippen LogP contribution in [0.1, 0.15) is 37.4 Å². The van der Waals surface area contributed by atoms with E-state index >= 15 is 0 Å². The van der Waals surface area contributed by atoms with Gasteiger partial charge in [0.1, 0.15) is 6.04 Å². The lowest BCUT2D eigenvalue weighted by molar-refractivity contribution is -0.137. The first-order valence-corrected chi connectivity index (χ1v) is 14.1. The third-order valence-electron chi connectivity index (χ3n) is 7.28. The Labute approximate surface area is 251 Å². The molecule has 43 heavy (non-hydrogen) atoms. The highest BCUT2D eigenvalue weighted by molar-refractivity contribution is 6.12. The number of benzene rings is 5. The van der Waals surface area contributed by atoms with Gasteiger partial charge in [0, 0.05) is 42.4 Å². The molecule has 2 N–H and O–H groups in total. The molecular formula is C37H32N2O4. The average molecular weight is 569 g/mol. The van der Waals surface area contributed by atoms with Gasteiger partial charge in [-0.15, -0.1) is 0 Å². The van der Waals surface area contributed by atoms with Crippen LogP contribution >= 0.6 is 0 Å². The maximum absolute atomic E-state index is 13.1. The standard InChI is InChI=1S/C37H32N2O4/c1-39(36(41)30-14-6-3-7-15-30)25-27-11-10-16-31(23-27)28-21-19-26(20-22-28)24-34(37(42)43)38-33-18-9-8-17-32(33)35(40)29-12-4-2-5-13-29/h2-23,34,38H,24-25H2,1H3,(H,42,43)/t34-/m0/s1. The van der Waals surface area contributed by atoms with Gasteiger partial charge in [0.15, 0.2) is 5.78 Å². The molecule has 0 radical (unpaired) electrons. The van der Waals surface area contributed by atoms with Crippen molar-refractivity contribution >= 4 is 23.3 Å². The van der Waals surface area contributed by atoms with E-state index in [9.17, 15) is 19.5 Å². The van der Waals surface area contributed by atoms with Crippen molar-refractivity contribution in [1.29, 1.82) is 0 Å². The molecule has 0 aromatic heterocycles. The molecule has 0 aliphatic carbocycles. The lowest BCUT2D eigenvalue weighted by Crippen LogP contribution is -2.32. The van der Waals surface area contributed by atoms with Crippen molar-refractivity contribution in [2.24, 2.45) is 0 Å². The fourth-order valence-electron chi connectivity index (χ4n) is 5.00. The van der Waals surface area contributed by atoms with E-state index in [0.29, 0.717) is 28.9 Å². The van der Waals surface area contributed by atoms with Crippen LogP contribution in [0.3, 0.4) is 0 Å². The summed E-state index contributed by atoms with van der Waals surface area (Å²) >= 11 is 0. The van der Waals surface area contributed by atoms with E-state index in [0.717, 1.165) is 22.3 Å². The number of carbonyl (C=O) groups excluding carboxylic acids is 2. The molecular weight excluding hydrogens is 536 g/mol. The lowest BCUT2D eigenvalue weighted by Gasteiger charge is -2.19. The van der Waals surface area contributed by atoms with Crippen LogP contribution < -0.4 is 5.32 Å². The molecule has 6 heteroatoms. The Kier molecular flexibility index (Phi) is 9.08. The van der Waals surface area contributed by atoms with Gasteiger partial charge in [0.05, 0.1) is 0 Å². The van der Waals surface area contributed by atoms with Gasteiger partial charge in [-0.25, -0.2) is 4.79 Å². The number of ketones is 1. The molecule has 5 rings (SSSR count). The zero-order chi connectivity index (χ0) is 30.2. The van der Waals surface area contributed by atoms with Gasteiger partial charge in [-0.1, -0.05) is 103 Å². The number of carbonyl (C=O) groups is 3. The molecule has 0 spiro atoms. The minimum atomic E-state index is -1.01. The molecule has 0 aliphatic rings. The first kappa shape index (κ1) is 29.0. The third-order valence-corrected chi connectivity index (χ3v) is 7.28. The van der Waals surface area contributed by atoms with E-state index < -0.39 is 12.0 Å². The van der Waals surface area contributed by atoms with Crippen LogP contribution in [0.5, 0.6) is 0 Å². The molecule has 0 heterocycles. The number of nitrogens with zero attached hydrogens (tertiary/aromatic N) is 1. The second kappa shape index (κ2) is 13.4. The summed E-state index contributed by atoms with van der Waals surface area (Å²) in [6.07, 6.45) is 0.232. The number of aliphatic carboxylic acids is 1. The number of para-hydroxylation sites is 1. The largest absolute Gasteiger partial charge is 0.480 e. The summed E-state index contributed by atoms with van der Waals surface area (Å²) in [5.41, 5.74) is 5.94. The summed E-state index contributed by atoms with van der Waals surface area (Å²) in [7, 11) is 1.79. The molecule has 0 unspecified atom stereocenters. The van der Waals surface area contributed by atoms with Gasteiger partial charge in [-0.05, 0) is 52.6 Å². The summed E-state index contributed by atoms with van der Waals surface area (Å²) in [5, 5.41) is 13.1. The Balaban J connectivity index is 1.27. The Bertz CT molecular complexity index is 1720. The normalized spacial score (nSPS) is 11.4. The van der Waals surface area contributed by atoms with Crippen molar-refractivity contribution in [3.05, 3.63) is 161 Å². The SMILES string of the molecule is CN(Cc1cccc(-c2ccc(C[C@H](Nc3ccccc3C(=O)c3ccccc3)C(=O)O)cc2)c1)C(=O)c1ccccc1. The smallest absolute Gasteiger partial charge is 0.326 e. The van der Waals surface area contributed by atoms with Gasteiger partial charge in [0.2, 0.25) is 0 Å². The van der Waals surface area contributed by atoms with Crippen molar-refractivity contribution in [2.45, 2.75) is 19.0 Å². The number of rotatable bonds is 11. The van der Waals surface area contributed by atoms with Crippen molar-refractivity contribution in [1.82, 2.24) is 4.90 Å². The van der Waals surface area contributed by atoms with Gasteiger partial charge in [0.25, 0.3) is 5.91 Å². The molecule has 214 valence electrons. The van der Waals surface area contributed by atoms with Gasteiger partial charge in [-0.3, -0.25) is 9.59 Å². The predicted molar refractivity (Wildman–Crippen MR) is 169 cm³/mol. The van der Waals surface area contributed by atoms with Gasteiger partial charge < -0.3 is 15.3 Å². The highest BCUT2D eigenvalue weighted by Crippen LogP contribution is 2.24. The van der Waals surface area contributed by atoms with Crippen LogP contribution in [0.2, 0.25) is 0 Å². The van der Waals surface area contributed by atoms with E-state index in [1.54, 1.807) is 60.5 Å². The quantitative estimate of drug-likeness (QED) is 0.168. The van der Waals surface area contributed by atoms with E-state index in [2.05, 4.69) is 11.4 Å². The zero-order valence-electron chi connectivity index (χ0n) is 23.8. The monoisotopic (exact) mass is 568 g/mol. The molecule has 0 aliphatic heterocycles. The van der Waals surface area contributed by atoms with Gasteiger partial charge in [-0.2, -0.15) is 0 Å². The van der Waals surface area contributed by atoms with E-state index in [1.807, 2.05) is 78.9 Å². The van der Waals surface area contributed by atoms with Crippen molar-refractivity contribution in [2.75, 3.05) is 12.4 Å². The second-order valence-corrected chi connectivity index (χ2v) is 10.4. The summed E-state index contributed by atoms with van der Waals surface area (Å²) in [5.74, 6) is -1.22. The Morgan fingerprint density at radius 2 is 1.30 bits per heavy atom. The van der Waals surface area contributed by atoms with Crippen LogP contribution in [-0.2, 0) is 17.8 Å². The number of hydrogen-bond donors (Lipinski definition) is 2. The van der Waals surface area contributed by atoms with Crippen LogP contribution in [0.25, 0.3) is 11.1 Å². The zero-order valence-corrected chi connectivity index (χ0v) is 23.8. The van der Waals surface area contributed by atoms with Crippen LogP contribution in [0.4, 0.5) is 5.69 Å². The van der Waals surface area contributed by atoms with Crippen molar-refractivity contribution in [3.63, 3.8) is 0 Å². The van der Waals surface area contributed by atoms with Crippen molar-refractivity contribution in [3.8, 4) is 11.1 Å². The first-order chi connectivity index (χ1) is 20.9. The summed E-state index contributed by atoms with van der Waals surface area (Å²) in [6.45, 7) is 0.472. The Morgan fingerprint density at radius 3 is 1.98 bits per heavy atom. The van der Waals surface area contributed by atoms with Gasteiger partial charge >= 0.3 is 5.97 Å². The maximum atomic E-state index is 13.1. The number of carboxylic acids is 1. The lowest BCUT2D eigenvalue weighted by atomic mass is 9.98. The number of anilines is 1. The van der Waals surface area contributed by atoms with E-state index in [-0.39, 0.29) is 18.1 Å². The highest BCUT2D eigenvalue weighted by Gasteiger charge is 2.21. The molecule has 0 saturated carbocycles. The average Bonchev–Trinajstić information content (AvgIpc) is 3.05. The minimum Gasteiger partial charge on any atom is -0.480 e. The number of hydrogen-bond acceptors (Lipinski definition) is 4. The first-order valence-electron chi connectivity index (χ1n) is 14.1. The Hall–Kier alpha value is -5.49. The third kappa shape index (κ3) is 7.24. The molecule has 0 fully saturated rings. The van der Waals surface area contributed by atoms with Crippen LogP contribution in [0.15, 0.2) is 133 Å². The number of amides is 1.